The molecule has 0 radical (unpaired) electrons. The van der Waals surface area contributed by atoms with Crippen molar-refractivity contribution >= 4 is 5.69 Å². The lowest BCUT2D eigenvalue weighted by Gasteiger charge is -2.15. The summed E-state index contributed by atoms with van der Waals surface area (Å²) < 4.78 is 8.10. The fraction of sp³-hybridized carbons (Fsp3) is 0.158. The van der Waals surface area contributed by atoms with Crippen molar-refractivity contribution in [3.05, 3.63) is 81.0 Å². The number of phenols is 1. The Kier molecular flexibility index (Phi) is 4.79. The Labute approximate surface area is 149 Å². The Morgan fingerprint density at radius 1 is 1.00 bits per heavy atom. The molecule has 0 saturated heterocycles. The molecule has 0 unspecified atom stereocenters. The molecule has 2 N–H and O–H groups in total. The summed E-state index contributed by atoms with van der Waals surface area (Å²) in [5.74, 6) is 0.871. The number of phenolic OH excluding ortho intramolecular Hbond substituents is 1. The molecule has 0 fully saturated rings. The smallest absolute Gasteiger partial charge is 0.333 e. The maximum atomic E-state index is 12.0. The second-order valence-electron chi connectivity index (χ2n) is 5.84. The lowest BCUT2D eigenvalue weighted by Crippen LogP contribution is -2.36. The number of hydrogen-bond donors (Lipinski definition) is 2. The molecule has 0 aliphatic heterocycles. The first-order chi connectivity index (χ1) is 12.5. The molecule has 3 rings (SSSR count). The van der Waals surface area contributed by atoms with Crippen LogP contribution in [0.2, 0.25) is 0 Å². The summed E-state index contributed by atoms with van der Waals surface area (Å²) in [5, 5.41) is 12.6. The molecule has 0 atom stereocenters. The number of ether oxygens (including phenoxy) is 1. The molecule has 1 heterocycles. The van der Waals surface area contributed by atoms with Crippen LogP contribution in [-0.2, 0) is 20.6 Å². The molecule has 1 aromatic heterocycles. The highest BCUT2D eigenvalue weighted by Gasteiger charge is 2.10. The molecular weight excluding hydrogens is 334 g/mol. The molecule has 0 spiro atoms. The number of aromatic nitrogens is 2. The molecule has 0 bridgehead atoms. The van der Waals surface area contributed by atoms with Crippen molar-refractivity contribution in [2.24, 2.45) is 14.1 Å². The maximum absolute atomic E-state index is 12.0. The van der Waals surface area contributed by atoms with Crippen molar-refractivity contribution in [1.82, 2.24) is 9.13 Å². The first-order valence-corrected chi connectivity index (χ1v) is 8.01. The number of nitrogens with zero attached hydrogens (tertiary/aromatic N) is 2. The first-order valence-electron chi connectivity index (χ1n) is 8.01. The summed E-state index contributed by atoms with van der Waals surface area (Å²) in [5.41, 5.74) is 0.812. The highest BCUT2D eigenvalue weighted by molar-refractivity contribution is 5.57. The molecule has 3 aromatic rings. The number of hydrogen-bond acceptors (Lipinski definition) is 5. The average Bonchev–Trinajstić information content (AvgIpc) is 2.65. The maximum Gasteiger partial charge on any atom is 0.333 e. The van der Waals surface area contributed by atoms with Gasteiger partial charge in [0.05, 0.1) is 11.8 Å². The van der Waals surface area contributed by atoms with E-state index in [1.165, 1.54) is 17.7 Å². The van der Waals surface area contributed by atoms with Gasteiger partial charge in [-0.05, 0) is 29.8 Å². The van der Waals surface area contributed by atoms with Gasteiger partial charge >= 0.3 is 5.69 Å². The van der Waals surface area contributed by atoms with Crippen molar-refractivity contribution in [3.63, 3.8) is 0 Å². The number of para-hydroxylation sites is 2. The zero-order valence-electron chi connectivity index (χ0n) is 14.5. The van der Waals surface area contributed by atoms with Gasteiger partial charge in [0.15, 0.2) is 5.75 Å². The molecule has 134 valence electrons. The number of aromatic hydroxyl groups is 1. The van der Waals surface area contributed by atoms with Gasteiger partial charge in [-0.25, -0.2) is 4.79 Å². The number of nitrogens with one attached hydrogen (secondary N) is 1. The third-order valence-corrected chi connectivity index (χ3v) is 4.00. The van der Waals surface area contributed by atoms with E-state index in [9.17, 15) is 14.7 Å². The van der Waals surface area contributed by atoms with Crippen molar-refractivity contribution < 1.29 is 9.84 Å². The minimum atomic E-state index is -0.456. The lowest BCUT2D eigenvalue weighted by atomic mass is 10.2. The van der Waals surface area contributed by atoms with E-state index < -0.39 is 11.2 Å². The zero-order valence-corrected chi connectivity index (χ0v) is 14.5. The van der Waals surface area contributed by atoms with Gasteiger partial charge in [-0.2, -0.15) is 0 Å². The van der Waals surface area contributed by atoms with E-state index in [0.717, 1.165) is 10.1 Å². The normalized spacial score (nSPS) is 10.5. The van der Waals surface area contributed by atoms with E-state index in [2.05, 4.69) is 5.32 Å². The van der Waals surface area contributed by atoms with E-state index in [1.54, 1.807) is 31.3 Å². The van der Waals surface area contributed by atoms with Crippen LogP contribution in [0, 0.1) is 0 Å². The van der Waals surface area contributed by atoms with Gasteiger partial charge in [-0.3, -0.25) is 13.9 Å². The van der Waals surface area contributed by atoms with Crippen LogP contribution in [0.3, 0.4) is 0 Å². The van der Waals surface area contributed by atoms with Crippen LogP contribution in [0.5, 0.6) is 17.4 Å². The van der Waals surface area contributed by atoms with Crippen LogP contribution in [0.25, 0.3) is 0 Å². The van der Waals surface area contributed by atoms with Gasteiger partial charge in [-0.1, -0.05) is 24.3 Å². The van der Waals surface area contributed by atoms with Crippen molar-refractivity contribution in [2.45, 2.75) is 6.54 Å². The average molecular weight is 353 g/mol. The fourth-order valence-corrected chi connectivity index (χ4v) is 2.44. The van der Waals surface area contributed by atoms with Crippen LogP contribution in [0.4, 0.5) is 5.69 Å². The van der Waals surface area contributed by atoms with E-state index >= 15 is 0 Å². The van der Waals surface area contributed by atoms with Crippen LogP contribution >= 0.6 is 0 Å². The van der Waals surface area contributed by atoms with Crippen molar-refractivity contribution in [3.8, 4) is 17.4 Å². The Morgan fingerprint density at radius 3 is 2.42 bits per heavy atom. The van der Waals surface area contributed by atoms with Crippen LogP contribution in [0.15, 0.2) is 64.2 Å². The molecule has 0 saturated carbocycles. The van der Waals surface area contributed by atoms with E-state index in [0.29, 0.717) is 18.0 Å². The summed E-state index contributed by atoms with van der Waals surface area (Å²) in [4.78, 5) is 23.9. The molecule has 0 amide bonds. The number of anilines is 1. The Hall–Kier alpha value is -3.48. The topological polar surface area (TPSA) is 85.5 Å². The Balaban J connectivity index is 1.85. The van der Waals surface area contributed by atoms with Crippen molar-refractivity contribution in [2.75, 3.05) is 5.32 Å². The highest BCUT2D eigenvalue weighted by atomic mass is 16.5. The van der Waals surface area contributed by atoms with Crippen LogP contribution in [0.1, 0.15) is 5.56 Å². The summed E-state index contributed by atoms with van der Waals surface area (Å²) in [6.07, 6.45) is 0. The summed E-state index contributed by atoms with van der Waals surface area (Å²) >= 11 is 0. The summed E-state index contributed by atoms with van der Waals surface area (Å²) in [6.45, 7) is 0.524. The SMILES string of the molecule is Cn1c(Oc2ccccc2NCc2ccc(O)cc2)cc(=O)n(C)c1=O. The second kappa shape index (κ2) is 7.18. The molecule has 7 nitrogen and oxygen atoms in total. The number of rotatable bonds is 5. The largest absolute Gasteiger partial charge is 0.508 e. The molecule has 26 heavy (non-hydrogen) atoms. The van der Waals surface area contributed by atoms with Crippen molar-refractivity contribution in [1.29, 1.82) is 0 Å². The van der Waals surface area contributed by atoms with E-state index in [-0.39, 0.29) is 11.6 Å². The third kappa shape index (κ3) is 3.61. The predicted molar refractivity (Wildman–Crippen MR) is 98.9 cm³/mol. The van der Waals surface area contributed by atoms with Gasteiger partial charge in [-0.15, -0.1) is 0 Å². The van der Waals surface area contributed by atoms with Gasteiger partial charge in [0, 0.05) is 20.6 Å². The zero-order chi connectivity index (χ0) is 18.7. The monoisotopic (exact) mass is 353 g/mol. The van der Waals surface area contributed by atoms with Crippen LogP contribution in [-0.4, -0.2) is 14.2 Å². The summed E-state index contributed by atoms with van der Waals surface area (Å²) in [6, 6.07) is 15.4. The minimum absolute atomic E-state index is 0.164. The first kappa shape index (κ1) is 17.3. The highest BCUT2D eigenvalue weighted by Crippen LogP contribution is 2.28. The Bertz CT molecular complexity index is 1040. The van der Waals surface area contributed by atoms with Gasteiger partial charge in [0.25, 0.3) is 5.56 Å². The molecule has 2 aromatic carbocycles. The molecule has 0 aliphatic carbocycles. The Morgan fingerprint density at radius 2 is 1.69 bits per heavy atom. The summed E-state index contributed by atoms with van der Waals surface area (Å²) in [7, 11) is 2.96. The van der Waals surface area contributed by atoms with Gasteiger partial charge in [0.1, 0.15) is 5.75 Å². The lowest BCUT2D eigenvalue weighted by molar-refractivity contribution is 0.425. The fourth-order valence-electron chi connectivity index (χ4n) is 2.44. The van der Waals surface area contributed by atoms with Gasteiger partial charge in [0.2, 0.25) is 5.88 Å². The molecule has 0 aliphatic rings. The predicted octanol–water partition coefficient (Wildman–Crippen LogP) is 2.19. The second-order valence-corrected chi connectivity index (χ2v) is 5.84. The molecular formula is C19H19N3O4. The quantitative estimate of drug-likeness (QED) is 0.734. The van der Waals surface area contributed by atoms with E-state index in [1.807, 2.05) is 24.3 Å². The van der Waals surface area contributed by atoms with Crippen LogP contribution < -0.4 is 21.3 Å². The standard InChI is InChI=1S/C19H19N3O4/c1-21-17(24)11-18(22(2)19(21)25)26-16-6-4-3-5-15(16)20-12-13-7-9-14(23)10-8-13/h3-11,20,23H,12H2,1-2H3. The van der Waals surface area contributed by atoms with Gasteiger partial charge < -0.3 is 15.2 Å². The third-order valence-electron chi connectivity index (χ3n) is 4.00. The molecule has 7 heteroatoms. The minimum Gasteiger partial charge on any atom is -0.508 e. The van der Waals surface area contributed by atoms with E-state index in [4.69, 9.17) is 4.74 Å². The number of benzene rings is 2.